The minimum atomic E-state index is -4.45. The summed E-state index contributed by atoms with van der Waals surface area (Å²) in [5, 5.41) is 7.16. The van der Waals surface area contributed by atoms with Gasteiger partial charge in [0, 0.05) is 11.4 Å². The van der Waals surface area contributed by atoms with Crippen molar-refractivity contribution in [2.45, 2.75) is 12.6 Å². The minimum Gasteiger partial charge on any atom is -0.387 e. The molecule has 0 aliphatic carbocycles. The highest BCUT2D eigenvalue weighted by Crippen LogP contribution is 2.33. The number of nitrogens with one attached hydrogen (secondary N) is 1. The molecule has 82 valence electrons. The number of halogens is 4. The molecule has 0 heterocycles. The molecule has 1 aromatic carbocycles. The van der Waals surface area contributed by atoms with Gasteiger partial charge in [-0.25, -0.2) is 0 Å². The summed E-state index contributed by atoms with van der Waals surface area (Å²) >= 11 is 5.57. The predicted molar refractivity (Wildman–Crippen MR) is 52.1 cm³/mol. The van der Waals surface area contributed by atoms with Gasteiger partial charge in [-0.15, -0.1) is 0 Å². The summed E-state index contributed by atoms with van der Waals surface area (Å²) in [6.45, 7) is 0. The standard InChI is InChI=1S/C9H8ClF3N2/c10-6-1-2-7(9(11,12)13)5(3-6)4-8(14)15/h1-3H,4H2,(H3,14,15). The van der Waals surface area contributed by atoms with Crippen LogP contribution in [-0.4, -0.2) is 5.84 Å². The number of hydrogen-bond donors (Lipinski definition) is 2. The van der Waals surface area contributed by atoms with E-state index in [4.69, 9.17) is 22.7 Å². The Hall–Kier alpha value is -1.23. The first kappa shape index (κ1) is 11.8. The van der Waals surface area contributed by atoms with Crippen LogP contribution in [0.2, 0.25) is 5.02 Å². The molecule has 3 N–H and O–H groups in total. The van der Waals surface area contributed by atoms with Crippen molar-refractivity contribution in [2.24, 2.45) is 5.73 Å². The van der Waals surface area contributed by atoms with Crippen molar-refractivity contribution in [1.82, 2.24) is 0 Å². The maximum absolute atomic E-state index is 12.5. The number of benzene rings is 1. The van der Waals surface area contributed by atoms with Gasteiger partial charge in [0.2, 0.25) is 0 Å². The summed E-state index contributed by atoms with van der Waals surface area (Å²) in [5.74, 6) is -0.331. The molecule has 0 aromatic heterocycles. The molecule has 0 atom stereocenters. The second kappa shape index (κ2) is 4.10. The van der Waals surface area contributed by atoms with Crippen molar-refractivity contribution >= 4 is 17.4 Å². The fourth-order valence-corrected chi connectivity index (χ4v) is 1.38. The van der Waals surface area contributed by atoms with Gasteiger partial charge in [0.05, 0.1) is 11.4 Å². The second-order valence-corrected chi connectivity index (χ2v) is 3.44. The number of nitrogens with two attached hydrogens (primary N) is 1. The van der Waals surface area contributed by atoms with Crippen molar-refractivity contribution in [3.63, 3.8) is 0 Å². The Morgan fingerprint density at radius 2 is 2.00 bits per heavy atom. The Bertz CT molecular complexity index is 387. The van der Waals surface area contributed by atoms with E-state index >= 15 is 0 Å². The van der Waals surface area contributed by atoms with Gasteiger partial charge in [-0.05, 0) is 23.8 Å². The lowest BCUT2D eigenvalue weighted by Gasteiger charge is -2.12. The van der Waals surface area contributed by atoms with Crippen molar-refractivity contribution < 1.29 is 13.2 Å². The molecule has 0 bridgehead atoms. The number of amidine groups is 1. The quantitative estimate of drug-likeness (QED) is 0.602. The normalized spacial score (nSPS) is 11.5. The first-order valence-corrected chi connectivity index (χ1v) is 4.37. The van der Waals surface area contributed by atoms with Crippen LogP contribution in [0, 0.1) is 5.41 Å². The molecule has 2 nitrogen and oxygen atoms in total. The minimum absolute atomic E-state index is 0.0810. The van der Waals surface area contributed by atoms with E-state index in [0.29, 0.717) is 0 Å². The highest BCUT2D eigenvalue weighted by atomic mass is 35.5. The van der Waals surface area contributed by atoms with Gasteiger partial charge < -0.3 is 5.73 Å². The summed E-state index contributed by atoms with van der Waals surface area (Å²) in [6.07, 6.45) is -4.70. The van der Waals surface area contributed by atoms with Crippen LogP contribution in [0.25, 0.3) is 0 Å². The highest BCUT2D eigenvalue weighted by molar-refractivity contribution is 6.30. The van der Waals surface area contributed by atoms with Crippen molar-refractivity contribution in [3.8, 4) is 0 Å². The molecule has 6 heteroatoms. The Kier molecular flexibility index (Phi) is 3.24. The molecule has 0 aliphatic heterocycles. The van der Waals surface area contributed by atoms with Crippen LogP contribution >= 0.6 is 11.6 Å². The van der Waals surface area contributed by atoms with E-state index in [1.165, 1.54) is 6.07 Å². The zero-order chi connectivity index (χ0) is 11.6. The Morgan fingerprint density at radius 3 is 2.47 bits per heavy atom. The third-order valence-electron chi connectivity index (χ3n) is 1.75. The molecule has 0 saturated heterocycles. The molecule has 0 radical (unpaired) electrons. The van der Waals surface area contributed by atoms with E-state index in [2.05, 4.69) is 0 Å². The molecule has 0 saturated carbocycles. The average molecular weight is 237 g/mol. The Morgan fingerprint density at radius 1 is 1.40 bits per heavy atom. The Labute approximate surface area is 89.4 Å². The molecule has 0 fully saturated rings. The van der Waals surface area contributed by atoms with Gasteiger partial charge in [-0.1, -0.05) is 11.6 Å². The zero-order valence-electron chi connectivity index (χ0n) is 7.53. The van der Waals surface area contributed by atoms with Crippen LogP contribution in [0.1, 0.15) is 11.1 Å². The molecule has 1 rings (SSSR count). The van der Waals surface area contributed by atoms with Crippen LogP contribution < -0.4 is 5.73 Å². The lowest BCUT2D eigenvalue weighted by atomic mass is 10.0. The summed E-state index contributed by atoms with van der Waals surface area (Å²) in [6, 6.07) is 3.22. The topological polar surface area (TPSA) is 49.9 Å². The SMILES string of the molecule is N=C(N)Cc1cc(Cl)ccc1C(F)(F)F. The smallest absolute Gasteiger partial charge is 0.387 e. The van der Waals surface area contributed by atoms with Crippen LogP contribution in [-0.2, 0) is 12.6 Å². The average Bonchev–Trinajstić information content (AvgIpc) is 1.99. The summed E-state index contributed by atoms with van der Waals surface area (Å²) < 4.78 is 37.4. The first-order chi connectivity index (χ1) is 6.80. The van der Waals surface area contributed by atoms with E-state index in [1.54, 1.807) is 0 Å². The molecule has 0 spiro atoms. The van der Waals surface area contributed by atoms with Crippen LogP contribution in [0.4, 0.5) is 13.2 Å². The number of hydrogen-bond acceptors (Lipinski definition) is 1. The summed E-state index contributed by atoms with van der Waals surface area (Å²) in [7, 11) is 0. The van der Waals surface area contributed by atoms with Crippen LogP contribution in [0.5, 0.6) is 0 Å². The van der Waals surface area contributed by atoms with Crippen molar-refractivity contribution in [2.75, 3.05) is 0 Å². The fraction of sp³-hybridized carbons (Fsp3) is 0.222. The van der Waals surface area contributed by atoms with Gasteiger partial charge >= 0.3 is 6.18 Å². The molecule has 0 aliphatic rings. The third-order valence-corrected chi connectivity index (χ3v) is 1.99. The monoisotopic (exact) mass is 236 g/mol. The fourth-order valence-electron chi connectivity index (χ4n) is 1.19. The summed E-state index contributed by atoms with van der Waals surface area (Å²) in [5.41, 5.74) is 4.17. The van der Waals surface area contributed by atoms with E-state index in [1.807, 2.05) is 0 Å². The lowest BCUT2D eigenvalue weighted by molar-refractivity contribution is -0.138. The predicted octanol–water partition coefficient (Wildman–Crippen LogP) is 2.84. The van der Waals surface area contributed by atoms with Gasteiger partial charge in [0.25, 0.3) is 0 Å². The molecule has 1 aromatic rings. The van der Waals surface area contributed by atoms with Gasteiger partial charge in [0.15, 0.2) is 0 Å². The third kappa shape index (κ3) is 3.13. The first-order valence-electron chi connectivity index (χ1n) is 3.99. The van der Waals surface area contributed by atoms with Gasteiger partial charge in [-0.3, -0.25) is 5.41 Å². The van der Waals surface area contributed by atoms with E-state index < -0.39 is 11.7 Å². The zero-order valence-corrected chi connectivity index (χ0v) is 8.28. The maximum Gasteiger partial charge on any atom is 0.416 e. The molecule has 15 heavy (non-hydrogen) atoms. The number of rotatable bonds is 2. The van der Waals surface area contributed by atoms with E-state index in [9.17, 15) is 13.2 Å². The van der Waals surface area contributed by atoms with Crippen molar-refractivity contribution in [3.05, 3.63) is 34.3 Å². The highest BCUT2D eigenvalue weighted by Gasteiger charge is 2.33. The summed E-state index contributed by atoms with van der Waals surface area (Å²) in [4.78, 5) is 0. The molecule has 0 unspecified atom stereocenters. The molecular weight excluding hydrogens is 229 g/mol. The second-order valence-electron chi connectivity index (χ2n) is 3.00. The largest absolute Gasteiger partial charge is 0.416 e. The van der Waals surface area contributed by atoms with E-state index in [0.717, 1.165) is 12.1 Å². The maximum atomic E-state index is 12.5. The lowest BCUT2D eigenvalue weighted by Crippen LogP contribution is -2.17. The molecular formula is C9H8ClF3N2. The molecule has 0 amide bonds. The van der Waals surface area contributed by atoms with Crippen LogP contribution in [0.3, 0.4) is 0 Å². The van der Waals surface area contributed by atoms with Crippen molar-refractivity contribution in [1.29, 1.82) is 5.41 Å². The van der Waals surface area contributed by atoms with Gasteiger partial charge in [0.1, 0.15) is 0 Å². The van der Waals surface area contributed by atoms with E-state index in [-0.39, 0.29) is 22.8 Å². The Balaban J connectivity index is 3.20. The van der Waals surface area contributed by atoms with Crippen LogP contribution in [0.15, 0.2) is 18.2 Å². The van der Waals surface area contributed by atoms with Gasteiger partial charge in [-0.2, -0.15) is 13.2 Å². The number of alkyl halides is 3.